The zero-order chi connectivity index (χ0) is 18.5. The van der Waals surface area contributed by atoms with E-state index in [1.807, 2.05) is 0 Å². The Hall–Kier alpha value is -2.62. The largest absolute Gasteiger partial charge is 0.573 e. The van der Waals surface area contributed by atoms with Crippen LogP contribution in [0.1, 0.15) is 10.4 Å². The number of benzene rings is 1. The number of aliphatic hydroxyl groups excluding tert-OH is 1. The highest BCUT2D eigenvalue weighted by atomic mass is 19.4. The van der Waals surface area contributed by atoms with Gasteiger partial charge < -0.3 is 20.1 Å². The van der Waals surface area contributed by atoms with Gasteiger partial charge in [0.15, 0.2) is 11.8 Å². The van der Waals surface area contributed by atoms with E-state index < -0.39 is 42.4 Å². The number of nitrogens with one attached hydrogen (secondary N) is 1. The first-order valence-corrected chi connectivity index (χ1v) is 6.59. The summed E-state index contributed by atoms with van der Waals surface area (Å²) in [6, 6.07) is 2.42. The smallest absolute Gasteiger partial charge is 0.406 e. The second-order valence-corrected chi connectivity index (χ2v) is 4.63. The van der Waals surface area contributed by atoms with Gasteiger partial charge in [0.25, 0.3) is 5.91 Å². The lowest BCUT2D eigenvalue weighted by Crippen LogP contribution is -2.52. The molecule has 0 heterocycles. The first kappa shape index (κ1) is 19.4. The van der Waals surface area contributed by atoms with Crippen molar-refractivity contribution in [3.05, 3.63) is 29.8 Å². The summed E-state index contributed by atoms with van der Waals surface area (Å²) in [5.74, 6) is -3.01. The molecular weight excluding hydrogens is 333 g/mol. The average Bonchev–Trinajstić information content (AvgIpc) is 2.52. The third kappa shape index (κ3) is 4.95. The average molecular weight is 348 g/mol. The molecule has 2 amide bonds. The highest BCUT2D eigenvalue weighted by molar-refractivity contribution is 6.10. The Morgan fingerprint density at radius 3 is 2.21 bits per heavy atom. The second-order valence-electron chi connectivity index (χ2n) is 4.63. The first-order valence-electron chi connectivity index (χ1n) is 6.59. The quantitative estimate of drug-likeness (QED) is 0.723. The molecule has 0 bridgehead atoms. The normalized spacial score (nSPS) is 12.2. The summed E-state index contributed by atoms with van der Waals surface area (Å²) in [6.45, 7) is -0.950. The van der Waals surface area contributed by atoms with Crippen LogP contribution < -0.4 is 10.1 Å². The topological polar surface area (TPSA) is 95.9 Å². The van der Waals surface area contributed by atoms with Crippen LogP contribution in [0, 0.1) is 0 Å². The molecule has 132 valence electrons. The Labute approximate surface area is 135 Å². The Morgan fingerprint density at radius 1 is 1.25 bits per heavy atom. The number of halogens is 3. The van der Waals surface area contributed by atoms with Crippen molar-refractivity contribution in [2.75, 3.05) is 20.7 Å². The standard InChI is InChI=1S/C14H15F3N2O5/c1-18-12(22)11(10(21)7-20)19(2)13(23)8-3-5-9(6-4-8)24-14(15,16)17/h3-6,11,20H,7H2,1-2H3,(H,18,22). The lowest BCUT2D eigenvalue weighted by atomic mass is 10.1. The van der Waals surface area contributed by atoms with Gasteiger partial charge in [0.2, 0.25) is 5.91 Å². The summed E-state index contributed by atoms with van der Waals surface area (Å²) in [5, 5.41) is 11.1. The molecule has 1 aromatic carbocycles. The van der Waals surface area contributed by atoms with Crippen molar-refractivity contribution in [1.29, 1.82) is 0 Å². The number of aliphatic hydroxyl groups is 1. The van der Waals surface area contributed by atoms with Gasteiger partial charge in [-0.15, -0.1) is 13.2 Å². The number of rotatable bonds is 6. The molecule has 0 aliphatic rings. The minimum absolute atomic E-state index is 0.0633. The van der Waals surface area contributed by atoms with Crippen LogP contribution in [-0.4, -0.2) is 60.7 Å². The first-order chi connectivity index (χ1) is 11.1. The SMILES string of the molecule is CNC(=O)C(C(=O)CO)N(C)C(=O)c1ccc(OC(F)(F)F)cc1. The number of carbonyl (C=O) groups is 3. The number of likely N-dealkylation sites (N-methyl/N-ethyl adjacent to an activating group) is 2. The van der Waals surface area contributed by atoms with Crippen LogP contribution in [-0.2, 0) is 9.59 Å². The summed E-state index contributed by atoms with van der Waals surface area (Å²) in [7, 11) is 2.41. The van der Waals surface area contributed by atoms with E-state index in [2.05, 4.69) is 10.1 Å². The monoisotopic (exact) mass is 348 g/mol. The highest BCUT2D eigenvalue weighted by Crippen LogP contribution is 2.23. The van der Waals surface area contributed by atoms with Gasteiger partial charge in [0, 0.05) is 19.7 Å². The van der Waals surface area contributed by atoms with Crippen molar-refractivity contribution < 1.29 is 37.4 Å². The van der Waals surface area contributed by atoms with Crippen LogP contribution in [0.3, 0.4) is 0 Å². The molecule has 1 atom stereocenters. The number of ketones is 1. The highest BCUT2D eigenvalue weighted by Gasteiger charge is 2.33. The summed E-state index contributed by atoms with van der Waals surface area (Å²) in [4.78, 5) is 36.4. The second kappa shape index (κ2) is 7.77. The number of carbonyl (C=O) groups excluding carboxylic acids is 3. The van der Waals surface area contributed by atoms with Gasteiger partial charge in [-0.2, -0.15) is 0 Å². The van der Waals surface area contributed by atoms with Gasteiger partial charge >= 0.3 is 6.36 Å². The number of hydrogen-bond acceptors (Lipinski definition) is 5. The molecule has 2 N–H and O–H groups in total. The van der Waals surface area contributed by atoms with Crippen LogP contribution in [0.15, 0.2) is 24.3 Å². The Balaban J connectivity index is 2.98. The summed E-state index contributed by atoms with van der Waals surface area (Å²) >= 11 is 0. The van der Waals surface area contributed by atoms with Crippen LogP contribution in [0.4, 0.5) is 13.2 Å². The van der Waals surface area contributed by atoms with Gasteiger partial charge in [-0.1, -0.05) is 0 Å². The Morgan fingerprint density at radius 2 is 1.79 bits per heavy atom. The molecule has 0 radical (unpaired) electrons. The molecule has 7 nitrogen and oxygen atoms in total. The van der Waals surface area contributed by atoms with Crippen molar-refractivity contribution >= 4 is 17.6 Å². The zero-order valence-corrected chi connectivity index (χ0v) is 12.8. The van der Waals surface area contributed by atoms with Gasteiger partial charge in [-0.3, -0.25) is 14.4 Å². The summed E-state index contributed by atoms with van der Waals surface area (Å²) in [6.07, 6.45) is -4.86. The molecule has 10 heteroatoms. The fraction of sp³-hybridized carbons (Fsp3) is 0.357. The molecular formula is C14H15F3N2O5. The van der Waals surface area contributed by atoms with Crippen molar-refractivity contribution in [2.45, 2.75) is 12.4 Å². The molecule has 0 saturated carbocycles. The van der Waals surface area contributed by atoms with E-state index in [0.29, 0.717) is 0 Å². The van der Waals surface area contributed by atoms with E-state index in [0.717, 1.165) is 36.2 Å². The van der Waals surface area contributed by atoms with Gasteiger partial charge in [0.05, 0.1) is 0 Å². The molecule has 0 aromatic heterocycles. The fourth-order valence-corrected chi connectivity index (χ4v) is 1.88. The molecule has 1 unspecified atom stereocenters. The maximum absolute atomic E-state index is 12.3. The maximum atomic E-state index is 12.3. The number of amides is 2. The Kier molecular flexibility index (Phi) is 6.29. The van der Waals surface area contributed by atoms with Crippen LogP contribution >= 0.6 is 0 Å². The van der Waals surface area contributed by atoms with E-state index in [1.165, 1.54) is 7.05 Å². The molecule has 1 aromatic rings. The van der Waals surface area contributed by atoms with Gasteiger partial charge in [-0.05, 0) is 24.3 Å². The van der Waals surface area contributed by atoms with E-state index in [9.17, 15) is 27.6 Å². The number of nitrogens with zero attached hydrogens (tertiary/aromatic N) is 1. The molecule has 0 aliphatic heterocycles. The number of alkyl halides is 3. The molecule has 0 fully saturated rings. The molecule has 0 spiro atoms. The third-order valence-electron chi connectivity index (χ3n) is 3.00. The molecule has 0 saturated heterocycles. The molecule has 24 heavy (non-hydrogen) atoms. The lowest BCUT2D eigenvalue weighted by Gasteiger charge is -2.25. The summed E-state index contributed by atoms with van der Waals surface area (Å²) in [5.41, 5.74) is -0.0633. The molecule has 1 rings (SSSR count). The fourth-order valence-electron chi connectivity index (χ4n) is 1.88. The number of ether oxygens (including phenoxy) is 1. The van der Waals surface area contributed by atoms with Crippen LogP contribution in [0.5, 0.6) is 5.75 Å². The van der Waals surface area contributed by atoms with E-state index >= 15 is 0 Å². The van der Waals surface area contributed by atoms with Crippen molar-refractivity contribution in [3.8, 4) is 5.75 Å². The van der Waals surface area contributed by atoms with E-state index in [4.69, 9.17) is 5.11 Å². The van der Waals surface area contributed by atoms with Crippen LogP contribution in [0.2, 0.25) is 0 Å². The zero-order valence-electron chi connectivity index (χ0n) is 12.8. The maximum Gasteiger partial charge on any atom is 0.573 e. The minimum atomic E-state index is -4.86. The predicted molar refractivity (Wildman–Crippen MR) is 75.2 cm³/mol. The lowest BCUT2D eigenvalue weighted by molar-refractivity contribution is -0.274. The third-order valence-corrected chi connectivity index (χ3v) is 3.00. The summed E-state index contributed by atoms with van der Waals surface area (Å²) < 4.78 is 39.9. The predicted octanol–water partition coefficient (Wildman–Crippen LogP) is 0.333. The number of hydrogen-bond donors (Lipinski definition) is 2. The van der Waals surface area contributed by atoms with Crippen molar-refractivity contribution in [2.24, 2.45) is 0 Å². The van der Waals surface area contributed by atoms with Gasteiger partial charge in [0.1, 0.15) is 12.4 Å². The Bertz CT molecular complexity index is 600. The van der Waals surface area contributed by atoms with Crippen molar-refractivity contribution in [1.82, 2.24) is 10.2 Å². The van der Waals surface area contributed by atoms with E-state index in [1.54, 1.807) is 0 Å². The van der Waals surface area contributed by atoms with Crippen molar-refractivity contribution in [3.63, 3.8) is 0 Å². The van der Waals surface area contributed by atoms with Crippen LogP contribution in [0.25, 0.3) is 0 Å². The molecule has 0 aliphatic carbocycles. The van der Waals surface area contributed by atoms with E-state index in [-0.39, 0.29) is 5.56 Å². The number of Topliss-reactive ketones (excluding diaryl/α,β-unsaturated/α-hetero) is 1. The van der Waals surface area contributed by atoms with Gasteiger partial charge in [-0.25, -0.2) is 0 Å². The minimum Gasteiger partial charge on any atom is -0.406 e.